The van der Waals surface area contributed by atoms with E-state index >= 15 is 0 Å². The van der Waals surface area contributed by atoms with Crippen LogP contribution in [0.15, 0.2) is 48.5 Å². The van der Waals surface area contributed by atoms with Crippen molar-refractivity contribution >= 4 is 53.7 Å². The highest BCUT2D eigenvalue weighted by Gasteiger charge is 2.15. The van der Waals surface area contributed by atoms with Crippen molar-refractivity contribution in [1.29, 1.82) is 0 Å². The first-order valence-corrected chi connectivity index (χ1v) is 10.3. The third-order valence-corrected chi connectivity index (χ3v) is 5.18. The van der Waals surface area contributed by atoms with E-state index in [-0.39, 0.29) is 49.1 Å². The van der Waals surface area contributed by atoms with Gasteiger partial charge in [-0.25, -0.2) is 0 Å². The lowest BCUT2D eigenvalue weighted by atomic mass is 10.1. The maximum absolute atomic E-state index is 12.4. The highest BCUT2D eigenvalue weighted by atomic mass is 35.5. The van der Waals surface area contributed by atoms with Crippen LogP contribution in [-0.2, 0) is 16.0 Å². The third-order valence-electron chi connectivity index (χ3n) is 5.18. The van der Waals surface area contributed by atoms with Gasteiger partial charge in [0.05, 0.1) is 0 Å². The van der Waals surface area contributed by atoms with Gasteiger partial charge in [0.2, 0.25) is 11.8 Å². The maximum Gasteiger partial charge on any atom is 0.226 e. The molecule has 1 aliphatic heterocycles. The van der Waals surface area contributed by atoms with Gasteiger partial charge in [-0.15, -0.1) is 24.8 Å². The second-order valence-electron chi connectivity index (χ2n) is 7.66. The Morgan fingerprint density at radius 3 is 2.45 bits per heavy atom. The van der Waals surface area contributed by atoms with Gasteiger partial charge in [0.1, 0.15) is 0 Å². The number of nitrogens with zero attached hydrogens (tertiary/aromatic N) is 1. The van der Waals surface area contributed by atoms with Crippen molar-refractivity contribution in [3.63, 3.8) is 0 Å². The number of amides is 2. The fraction of sp³-hybridized carbons (Fsp3) is 0.391. The first kappa shape index (κ1) is 26.6. The molecule has 8 heteroatoms. The van der Waals surface area contributed by atoms with E-state index in [0.717, 1.165) is 30.0 Å². The molecular formula is C23H32Cl2N4O2. The number of anilines is 3. The molecule has 0 aromatic heterocycles. The molecule has 1 unspecified atom stereocenters. The summed E-state index contributed by atoms with van der Waals surface area (Å²) in [7, 11) is 0. The molecule has 4 N–H and O–H groups in total. The van der Waals surface area contributed by atoms with Crippen LogP contribution >= 0.6 is 24.8 Å². The average molecular weight is 467 g/mol. The van der Waals surface area contributed by atoms with Crippen LogP contribution in [-0.4, -0.2) is 30.9 Å². The van der Waals surface area contributed by atoms with Gasteiger partial charge in [0, 0.05) is 49.0 Å². The van der Waals surface area contributed by atoms with Gasteiger partial charge in [0.15, 0.2) is 0 Å². The maximum atomic E-state index is 12.4. The summed E-state index contributed by atoms with van der Waals surface area (Å²) >= 11 is 0. The normalized spacial score (nSPS) is 13.5. The molecule has 0 spiro atoms. The Balaban J connectivity index is 0.00000240. The van der Waals surface area contributed by atoms with Crippen molar-refractivity contribution in [2.75, 3.05) is 29.0 Å². The number of nitrogen functional groups attached to an aromatic ring is 1. The Morgan fingerprint density at radius 1 is 1.03 bits per heavy atom. The summed E-state index contributed by atoms with van der Waals surface area (Å²) in [6.45, 7) is 3.97. The Labute approximate surface area is 196 Å². The fourth-order valence-corrected chi connectivity index (χ4v) is 3.65. The summed E-state index contributed by atoms with van der Waals surface area (Å²) in [5, 5.41) is 5.84. The predicted molar refractivity (Wildman–Crippen MR) is 132 cm³/mol. The molecule has 1 heterocycles. The lowest BCUT2D eigenvalue weighted by Crippen LogP contribution is -2.35. The van der Waals surface area contributed by atoms with E-state index in [2.05, 4.69) is 21.6 Å². The molecule has 3 rings (SSSR count). The van der Waals surface area contributed by atoms with Crippen LogP contribution < -0.4 is 21.3 Å². The van der Waals surface area contributed by atoms with Crippen molar-refractivity contribution in [2.45, 2.75) is 45.1 Å². The third kappa shape index (κ3) is 8.31. The van der Waals surface area contributed by atoms with Gasteiger partial charge >= 0.3 is 0 Å². The van der Waals surface area contributed by atoms with E-state index in [0.29, 0.717) is 18.5 Å². The molecule has 1 fully saturated rings. The van der Waals surface area contributed by atoms with E-state index in [4.69, 9.17) is 5.73 Å². The molecule has 6 nitrogen and oxygen atoms in total. The van der Waals surface area contributed by atoms with Crippen LogP contribution in [0.3, 0.4) is 0 Å². The van der Waals surface area contributed by atoms with Gasteiger partial charge in [-0.1, -0.05) is 24.3 Å². The van der Waals surface area contributed by atoms with Crippen molar-refractivity contribution in [1.82, 2.24) is 5.32 Å². The van der Waals surface area contributed by atoms with Crippen LogP contribution in [0.2, 0.25) is 0 Å². The van der Waals surface area contributed by atoms with Crippen molar-refractivity contribution in [3.8, 4) is 0 Å². The van der Waals surface area contributed by atoms with Crippen LogP contribution in [0.1, 0.15) is 38.2 Å². The molecule has 0 saturated carbocycles. The summed E-state index contributed by atoms with van der Waals surface area (Å²) < 4.78 is 0. The van der Waals surface area contributed by atoms with Crippen LogP contribution in [0.25, 0.3) is 0 Å². The van der Waals surface area contributed by atoms with Gasteiger partial charge in [-0.05, 0) is 56.0 Å². The Kier molecular flexibility index (Phi) is 11.2. The Hall–Kier alpha value is -2.44. The summed E-state index contributed by atoms with van der Waals surface area (Å²) in [5.74, 6) is -0.187. The van der Waals surface area contributed by atoms with E-state index in [9.17, 15) is 9.59 Å². The van der Waals surface area contributed by atoms with Gasteiger partial charge in [-0.3, -0.25) is 9.59 Å². The number of benzene rings is 2. The molecule has 0 radical (unpaired) electrons. The zero-order valence-corrected chi connectivity index (χ0v) is 19.4. The van der Waals surface area contributed by atoms with Crippen LogP contribution in [0.5, 0.6) is 0 Å². The number of hydrogen-bond acceptors (Lipinski definition) is 4. The number of carbonyl (C=O) groups excluding carboxylic acids is 2. The smallest absolute Gasteiger partial charge is 0.226 e. The summed E-state index contributed by atoms with van der Waals surface area (Å²) in [6.07, 6.45) is 3.58. The fourth-order valence-electron chi connectivity index (χ4n) is 3.65. The number of carbonyl (C=O) groups is 2. The lowest BCUT2D eigenvalue weighted by Gasteiger charge is -2.19. The van der Waals surface area contributed by atoms with E-state index in [1.165, 1.54) is 12.8 Å². The molecule has 1 saturated heterocycles. The first-order chi connectivity index (χ1) is 14.0. The summed E-state index contributed by atoms with van der Waals surface area (Å²) in [6, 6.07) is 15.2. The monoisotopic (exact) mass is 466 g/mol. The van der Waals surface area contributed by atoms with E-state index < -0.39 is 0 Å². The zero-order valence-electron chi connectivity index (χ0n) is 17.8. The van der Waals surface area contributed by atoms with Crippen molar-refractivity contribution in [2.24, 2.45) is 0 Å². The molecule has 170 valence electrons. The van der Waals surface area contributed by atoms with Crippen LogP contribution in [0, 0.1) is 0 Å². The number of aryl methyl sites for hydroxylation is 1. The standard InChI is InChI=1S/C23H30N4O2.2ClH/c1-17(25-22(28)12-11-18-7-2-3-10-21(18)24)15-23(29)26-19-8-6-9-20(16-19)27-13-4-5-14-27;;/h2-3,6-10,16-17H,4-5,11-15,24H2,1H3,(H,25,28)(H,26,29);2*1H. The van der Waals surface area contributed by atoms with Gasteiger partial charge < -0.3 is 21.3 Å². The Morgan fingerprint density at radius 2 is 1.74 bits per heavy atom. The van der Waals surface area contributed by atoms with Crippen molar-refractivity contribution in [3.05, 3.63) is 54.1 Å². The van der Waals surface area contributed by atoms with Gasteiger partial charge in [0.25, 0.3) is 0 Å². The summed E-state index contributed by atoms with van der Waals surface area (Å²) in [4.78, 5) is 26.9. The lowest BCUT2D eigenvalue weighted by molar-refractivity contribution is -0.122. The number of para-hydroxylation sites is 1. The second kappa shape index (κ2) is 13.1. The molecular weight excluding hydrogens is 435 g/mol. The number of nitrogens with two attached hydrogens (primary N) is 1. The molecule has 2 aromatic carbocycles. The number of halogens is 2. The average Bonchev–Trinajstić information content (AvgIpc) is 3.22. The second-order valence-corrected chi connectivity index (χ2v) is 7.66. The molecule has 1 aliphatic rings. The van der Waals surface area contributed by atoms with Crippen LogP contribution in [0.4, 0.5) is 17.1 Å². The highest BCUT2D eigenvalue weighted by molar-refractivity contribution is 5.92. The highest BCUT2D eigenvalue weighted by Crippen LogP contribution is 2.23. The van der Waals surface area contributed by atoms with E-state index in [1.807, 2.05) is 49.4 Å². The minimum atomic E-state index is -0.239. The predicted octanol–water partition coefficient (Wildman–Crippen LogP) is 4.18. The SMILES string of the molecule is CC(CC(=O)Nc1cccc(N2CCCC2)c1)NC(=O)CCc1ccccc1N.Cl.Cl. The summed E-state index contributed by atoms with van der Waals surface area (Å²) in [5.41, 5.74) is 9.50. The first-order valence-electron chi connectivity index (χ1n) is 10.3. The molecule has 1 atom stereocenters. The molecule has 2 amide bonds. The molecule has 31 heavy (non-hydrogen) atoms. The zero-order chi connectivity index (χ0) is 20.6. The van der Waals surface area contributed by atoms with E-state index in [1.54, 1.807) is 0 Å². The quantitative estimate of drug-likeness (QED) is 0.509. The molecule has 2 aromatic rings. The van der Waals surface area contributed by atoms with Crippen molar-refractivity contribution < 1.29 is 9.59 Å². The Bertz CT molecular complexity index is 857. The number of rotatable bonds is 8. The largest absolute Gasteiger partial charge is 0.399 e. The number of hydrogen-bond donors (Lipinski definition) is 3. The molecule has 0 aliphatic carbocycles. The number of nitrogens with one attached hydrogen (secondary N) is 2. The molecule has 0 bridgehead atoms. The minimum absolute atomic E-state index is 0. The topological polar surface area (TPSA) is 87.5 Å². The van der Waals surface area contributed by atoms with Gasteiger partial charge in [-0.2, -0.15) is 0 Å². The minimum Gasteiger partial charge on any atom is -0.399 e.